The summed E-state index contributed by atoms with van der Waals surface area (Å²) < 4.78 is 0. The van der Waals surface area contributed by atoms with Crippen molar-refractivity contribution in [2.24, 2.45) is 23.7 Å². The Bertz CT molecular complexity index is 330. The molecule has 0 heteroatoms. The van der Waals surface area contributed by atoms with E-state index in [1.807, 2.05) is 13.8 Å². The molecule has 0 saturated carbocycles. The largest absolute Gasteiger partial charge is 0.106 e. The number of rotatable bonds is 10. The van der Waals surface area contributed by atoms with Gasteiger partial charge >= 0.3 is 0 Å². The summed E-state index contributed by atoms with van der Waals surface area (Å²) in [4.78, 5) is 0. The zero-order valence-corrected chi connectivity index (χ0v) is 19.4. The molecule has 0 rings (SSSR count). The van der Waals surface area contributed by atoms with Crippen molar-refractivity contribution in [3.8, 4) is 0 Å². The molecule has 0 amide bonds. The molecule has 0 fully saturated rings. The van der Waals surface area contributed by atoms with Gasteiger partial charge in [-0.3, -0.25) is 0 Å². The predicted octanol–water partition coefficient (Wildman–Crippen LogP) is 9.24. The van der Waals surface area contributed by atoms with Crippen LogP contribution in [0, 0.1) is 23.7 Å². The topological polar surface area (TPSA) is 0 Å². The second-order valence-electron chi connectivity index (χ2n) is 7.68. The molecular formula is C25H50. The summed E-state index contributed by atoms with van der Waals surface area (Å²) in [5.41, 5.74) is 2.91. The highest BCUT2D eigenvalue weighted by Gasteiger charge is 2.15. The van der Waals surface area contributed by atoms with Gasteiger partial charge in [0.15, 0.2) is 0 Å². The van der Waals surface area contributed by atoms with E-state index in [4.69, 9.17) is 0 Å². The highest BCUT2D eigenvalue weighted by molar-refractivity contribution is 5.15. The third kappa shape index (κ3) is 17.8. The van der Waals surface area contributed by atoms with Crippen LogP contribution in [0.2, 0.25) is 0 Å². The van der Waals surface area contributed by atoms with Gasteiger partial charge < -0.3 is 0 Å². The van der Waals surface area contributed by atoms with Gasteiger partial charge in [0.2, 0.25) is 0 Å². The maximum Gasteiger partial charge on any atom is -0.0231 e. The van der Waals surface area contributed by atoms with Crippen LogP contribution in [0.5, 0.6) is 0 Å². The second-order valence-corrected chi connectivity index (χ2v) is 7.68. The van der Waals surface area contributed by atoms with E-state index in [0.717, 1.165) is 17.8 Å². The van der Waals surface area contributed by atoms with Crippen molar-refractivity contribution in [2.75, 3.05) is 0 Å². The molecule has 0 radical (unpaired) electrons. The fourth-order valence-corrected chi connectivity index (χ4v) is 2.52. The van der Waals surface area contributed by atoms with Crippen molar-refractivity contribution in [2.45, 2.75) is 101 Å². The van der Waals surface area contributed by atoms with Crippen molar-refractivity contribution in [3.63, 3.8) is 0 Å². The van der Waals surface area contributed by atoms with Crippen molar-refractivity contribution >= 4 is 0 Å². The zero-order valence-electron chi connectivity index (χ0n) is 19.4. The van der Waals surface area contributed by atoms with Gasteiger partial charge in [0, 0.05) is 0 Å². The van der Waals surface area contributed by atoms with E-state index in [2.05, 4.69) is 80.7 Å². The summed E-state index contributed by atoms with van der Waals surface area (Å²) in [7, 11) is 0. The first-order valence-electron chi connectivity index (χ1n) is 10.6. The first kappa shape index (κ1) is 29.0. The van der Waals surface area contributed by atoms with Crippen LogP contribution in [0.4, 0.5) is 0 Å². The fraction of sp³-hybridized carbons (Fsp3) is 0.760. The molecule has 0 aliphatic heterocycles. The maximum atomic E-state index is 3.00. The standard InChI is InChI=1S/C21H40.C2H6.C2H4/c1-9-17(4)11-13-19(6)21(8)15-14-20(7)18(5)12-10-16(2)3;2*1-2/h10,12,17,19-21H,9,11,13-15H2,1-8H3;1-2H3;1-2H2/b18-12+;;. The van der Waals surface area contributed by atoms with Gasteiger partial charge in [-0.25, -0.2) is 0 Å². The molecule has 0 aromatic carbocycles. The Kier molecular flexibility index (Phi) is 22.7. The van der Waals surface area contributed by atoms with Gasteiger partial charge in [0.1, 0.15) is 0 Å². The van der Waals surface area contributed by atoms with E-state index in [-0.39, 0.29) is 0 Å². The molecule has 0 aliphatic carbocycles. The summed E-state index contributed by atoms with van der Waals surface area (Å²) >= 11 is 0. The van der Waals surface area contributed by atoms with Crippen molar-refractivity contribution in [1.82, 2.24) is 0 Å². The van der Waals surface area contributed by atoms with Crippen LogP contribution in [0.1, 0.15) is 101 Å². The minimum Gasteiger partial charge on any atom is -0.106 e. The molecule has 0 aliphatic rings. The molecule has 0 saturated heterocycles. The Labute approximate surface area is 161 Å². The minimum atomic E-state index is 0.713. The number of hydrogen-bond donors (Lipinski definition) is 0. The van der Waals surface area contributed by atoms with Gasteiger partial charge in [0.05, 0.1) is 0 Å². The number of allylic oxidation sites excluding steroid dienone is 4. The minimum absolute atomic E-state index is 0.713. The van der Waals surface area contributed by atoms with Crippen LogP contribution in [-0.2, 0) is 0 Å². The Morgan fingerprint density at radius 3 is 1.60 bits per heavy atom. The van der Waals surface area contributed by atoms with Crippen molar-refractivity contribution in [3.05, 3.63) is 36.5 Å². The van der Waals surface area contributed by atoms with Crippen LogP contribution in [0.15, 0.2) is 36.5 Å². The van der Waals surface area contributed by atoms with Crippen molar-refractivity contribution in [1.29, 1.82) is 0 Å². The first-order valence-corrected chi connectivity index (χ1v) is 10.6. The first-order chi connectivity index (χ1) is 11.8. The molecule has 0 aromatic heterocycles. The highest BCUT2D eigenvalue weighted by Crippen LogP contribution is 2.27. The lowest BCUT2D eigenvalue weighted by Crippen LogP contribution is -2.11. The van der Waals surface area contributed by atoms with E-state index < -0.39 is 0 Å². The lowest BCUT2D eigenvalue weighted by atomic mass is 9.83. The predicted molar refractivity (Wildman–Crippen MR) is 121 cm³/mol. The summed E-state index contributed by atoms with van der Waals surface area (Å²) in [5, 5.41) is 0. The Hall–Kier alpha value is -0.780. The molecule has 0 bridgehead atoms. The second kappa shape index (κ2) is 19.5. The SMILES string of the molecule is C=C.CC.CCC(C)CCC(C)C(C)CCC(C)/C(C)=C/C=C(C)C. The Morgan fingerprint density at radius 1 is 0.760 bits per heavy atom. The average molecular weight is 351 g/mol. The molecule has 0 nitrogen and oxygen atoms in total. The van der Waals surface area contributed by atoms with Crippen LogP contribution >= 0.6 is 0 Å². The van der Waals surface area contributed by atoms with Crippen LogP contribution in [-0.4, -0.2) is 0 Å². The van der Waals surface area contributed by atoms with E-state index in [0.29, 0.717) is 5.92 Å². The Balaban J connectivity index is -0.00000112. The van der Waals surface area contributed by atoms with E-state index in [9.17, 15) is 0 Å². The van der Waals surface area contributed by atoms with Gasteiger partial charge in [-0.05, 0) is 57.3 Å². The van der Waals surface area contributed by atoms with Crippen LogP contribution in [0.3, 0.4) is 0 Å². The average Bonchev–Trinajstić information content (AvgIpc) is 2.64. The van der Waals surface area contributed by atoms with Gasteiger partial charge in [0.25, 0.3) is 0 Å². The van der Waals surface area contributed by atoms with Crippen molar-refractivity contribution < 1.29 is 0 Å². The summed E-state index contributed by atoms with van der Waals surface area (Å²) in [5.74, 6) is 3.33. The lowest BCUT2D eigenvalue weighted by Gasteiger charge is -2.23. The maximum absolute atomic E-state index is 3.00. The normalized spacial score (nSPS) is 15.5. The quantitative estimate of drug-likeness (QED) is 0.272. The summed E-state index contributed by atoms with van der Waals surface area (Å²) in [6, 6.07) is 0. The molecule has 4 unspecified atom stereocenters. The van der Waals surface area contributed by atoms with Crippen LogP contribution in [0.25, 0.3) is 0 Å². The summed E-state index contributed by atoms with van der Waals surface area (Å²) in [6.45, 7) is 28.6. The zero-order chi connectivity index (χ0) is 20.4. The lowest BCUT2D eigenvalue weighted by molar-refractivity contribution is 0.300. The fourth-order valence-electron chi connectivity index (χ4n) is 2.52. The Morgan fingerprint density at radius 2 is 1.20 bits per heavy atom. The molecule has 0 aromatic rings. The van der Waals surface area contributed by atoms with E-state index in [1.54, 1.807) is 0 Å². The molecule has 0 spiro atoms. The monoisotopic (exact) mass is 350 g/mol. The molecule has 4 atom stereocenters. The van der Waals surface area contributed by atoms with E-state index in [1.165, 1.54) is 43.3 Å². The van der Waals surface area contributed by atoms with Gasteiger partial charge in [-0.1, -0.05) is 91.0 Å². The van der Waals surface area contributed by atoms with Gasteiger partial charge in [-0.15, -0.1) is 13.2 Å². The third-order valence-electron chi connectivity index (χ3n) is 5.30. The van der Waals surface area contributed by atoms with E-state index >= 15 is 0 Å². The number of hydrogen-bond acceptors (Lipinski definition) is 0. The van der Waals surface area contributed by atoms with Gasteiger partial charge in [-0.2, -0.15) is 0 Å². The molecule has 25 heavy (non-hydrogen) atoms. The smallest absolute Gasteiger partial charge is 0.0231 e. The summed E-state index contributed by atoms with van der Waals surface area (Å²) in [6.07, 6.45) is 11.4. The highest BCUT2D eigenvalue weighted by atomic mass is 14.2. The third-order valence-corrected chi connectivity index (χ3v) is 5.30. The molecule has 0 N–H and O–H groups in total. The molecule has 150 valence electrons. The van der Waals surface area contributed by atoms with Crippen LogP contribution < -0.4 is 0 Å². The molecular weight excluding hydrogens is 300 g/mol. The molecule has 0 heterocycles.